The van der Waals surface area contributed by atoms with E-state index in [1.54, 1.807) is 0 Å². The maximum atomic E-state index is 6.74. The maximum Gasteiger partial charge on any atom is 0.333 e. The van der Waals surface area contributed by atoms with Crippen LogP contribution < -0.4 is 15.7 Å². The number of hydrogen-bond donors (Lipinski definition) is 0. The standard InChI is InChI=1S/C57H51BN2O/c1-54(2,3)32-18-20-33(21-19-32)60-48-30-45-44(55(4,5)24-25-56(45,6)7)27-39(48)36-22-23-37-40-26-43-38(34-14-10-12-16-42(34)57(43,8)9)29-47(40)59-49-31-51-41(35-15-11-13-17-50(35)61-51)28-46(49)58(60)52(36)53(37)59/h10-23,26-31H,24-25H2,1-9H3. The molecule has 0 bridgehead atoms. The Labute approximate surface area is 359 Å². The van der Waals surface area contributed by atoms with Crippen molar-refractivity contribution in [3.05, 3.63) is 149 Å². The van der Waals surface area contributed by atoms with Crippen molar-refractivity contribution in [1.29, 1.82) is 0 Å². The van der Waals surface area contributed by atoms with Crippen molar-refractivity contribution in [2.45, 2.75) is 96.8 Å². The SMILES string of the molecule is CC(C)(C)c1ccc(N2B3c4cc5c(cc4-n4c6cc7c(cc6c6ccc(c3c64)-c3cc4c(cc32)C(C)(C)CCC4(C)C)C(C)(C)c2ccccc2-7)oc2ccccc25)cc1. The largest absolute Gasteiger partial charge is 0.456 e. The van der Waals surface area contributed by atoms with Crippen molar-refractivity contribution in [1.82, 2.24) is 4.57 Å². The number of aromatic nitrogens is 1. The Morgan fingerprint density at radius 1 is 0.541 bits per heavy atom. The van der Waals surface area contributed by atoms with Crippen LogP contribution in [0.15, 0.2) is 126 Å². The predicted octanol–water partition coefficient (Wildman–Crippen LogP) is 13.9. The van der Waals surface area contributed by atoms with Gasteiger partial charge in [-0.05, 0) is 127 Å². The van der Waals surface area contributed by atoms with Crippen LogP contribution in [-0.4, -0.2) is 11.4 Å². The summed E-state index contributed by atoms with van der Waals surface area (Å²) in [6.45, 7) is 21.5. The summed E-state index contributed by atoms with van der Waals surface area (Å²) in [4.78, 5) is 2.72. The summed E-state index contributed by atoms with van der Waals surface area (Å²) in [5, 5.41) is 4.96. The lowest BCUT2D eigenvalue weighted by Gasteiger charge is -2.46. The van der Waals surface area contributed by atoms with Crippen molar-refractivity contribution in [2.75, 3.05) is 4.81 Å². The van der Waals surface area contributed by atoms with E-state index in [0.29, 0.717) is 0 Å². The van der Waals surface area contributed by atoms with E-state index in [-0.39, 0.29) is 28.5 Å². The zero-order valence-corrected chi connectivity index (χ0v) is 36.8. The first-order valence-corrected chi connectivity index (χ1v) is 22.4. The topological polar surface area (TPSA) is 21.3 Å². The average Bonchev–Trinajstić information content (AvgIpc) is 3.85. The molecule has 0 spiro atoms. The van der Waals surface area contributed by atoms with Crippen molar-refractivity contribution < 1.29 is 4.42 Å². The molecular weight excluding hydrogens is 739 g/mol. The molecule has 2 aliphatic heterocycles. The van der Waals surface area contributed by atoms with E-state index >= 15 is 0 Å². The number of nitrogens with zero attached hydrogens (tertiary/aromatic N) is 2. The number of furan rings is 1. The Balaban J connectivity index is 1.21. The van der Waals surface area contributed by atoms with Crippen LogP contribution in [0.3, 0.4) is 0 Å². The third kappa shape index (κ3) is 4.51. The first-order valence-electron chi connectivity index (χ1n) is 22.4. The van der Waals surface area contributed by atoms with Gasteiger partial charge in [-0.1, -0.05) is 135 Å². The van der Waals surface area contributed by atoms with E-state index in [4.69, 9.17) is 4.42 Å². The second-order valence-corrected chi connectivity index (χ2v) is 21.6. The van der Waals surface area contributed by atoms with Crippen molar-refractivity contribution >= 4 is 72.9 Å². The lowest BCUT2D eigenvalue weighted by atomic mass is 9.43. The highest BCUT2D eigenvalue weighted by Crippen LogP contribution is 2.55. The molecule has 4 aliphatic rings. The van der Waals surface area contributed by atoms with Crippen LogP contribution in [0.4, 0.5) is 11.4 Å². The molecule has 0 saturated heterocycles. The summed E-state index contributed by atoms with van der Waals surface area (Å²) < 4.78 is 9.35. The molecule has 298 valence electrons. The minimum atomic E-state index is -0.0988. The van der Waals surface area contributed by atoms with Crippen LogP contribution in [0.25, 0.3) is 71.7 Å². The summed E-state index contributed by atoms with van der Waals surface area (Å²) in [6.07, 6.45) is 2.35. The number of benzene rings is 7. The van der Waals surface area contributed by atoms with Crippen LogP contribution in [0, 0.1) is 0 Å². The van der Waals surface area contributed by atoms with E-state index in [0.717, 1.165) is 16.6 Å². The Hall–Kier alpha value is -6.00. The Morgan fingerprint density at radius 3 is 2.03 bits per heavy atom. The molecule has 0 fully saturated rings. The number of fused-ring (bicyclic) bond motifs is 15. The van der Waals surface area contributed by atoms with Crippen LogP contribution in [0.5, 0.6) is 0 Å². The molecular formula is C57H51BN2O. The molecule has 13 rings (SSSR count). The van der Waals surface area contributed by atoms with E-state index in [2.05, 4.69) is 193 Å². The maximum absolute atomic E-state index is 6.74. The molecule has 61 heavy (non-hydrogen) atoms. The van der Waals surface area contributed by atoms with Gasteiger partial charge in [0, 0.05) is 55.7 Å². The summed E-state index contributed by atoms with van der Waals surface area (Å²) in [5.41, 5.74) is 23.5. The van der Waals surface area contributed by atoms with Gasteiger partial charge < -0.3 is 13.8 Å². The third-order valence-corrected chi connectivity index (χ3v) is 15.8. The van der Waals surface area contributed by atoms with Crippen molar-refractivity contribution in [3.63, 3.8) is 0 Å². The number of hydrogen-bond acceptors (Lipinski definition) is 2. The quantitative estimate of drug-likeness (QED) is 0.154. The van der Waals surface area contributed by atoms with Gasteiger partial charge in [0.1, 0.15) is 11.2 Å². The number of para-hydroxylation sites is 1. The van der Waals surface area contributed by atoms with Gasteiger partial charge >= 0.3 is 6.85 Å². The van der Waals surface area contributed by atoms with Gasteiger partial charge in [0.15, 0.2) is 0 Å². The van der Waals surface area contributed by atoms with Crippen molar-refractivity contribution in [2.24, 2.45) is 0 Å². The van der Waals surface area contributed by atoms with Crippen LogP contribution in [0.2, 0.25) is 0 Å². The molecule has 0 amide bonds. The summed E-state index contributed by atoms with van der Waals surface area (Å²) >= 11 is 0. The molecule has 3 nitrogen and oxygen atoms in total. The minimum Gasteiger partial charge on any atom is -0.456 e. The molecule has 0 N–H and O–H groups in total. The average molecular weight is 791 g/mol. The zero-order valence-electron chi connectivity index (χ0n) is 36.8. The van der Waals surface area contributed by atoms with Gasteiger partial charge in [0.2, 0.25) is 0 Å². The summed E-state index contributed by atoms with van der Waals surface area (Å²) in [7, 11) is 0. The molecule has 9 aromatic rings. The fourth-order valence-corrected chi connectivity index (χ4v) is 12.3. The third-order valence-electron chi connectivity index (χ3n) is 15.8. The van der Waals surface area contributed by atoms with Crippen LogP contribution in [-0.2, 0) is 21.7 Å². The van der Waals surface area contributed by atoms with E-state index in [1.165, 1.54) is 118 Å². The normalized spacial score (nSPS) is 17.5. The Kier molecular flexibility index (Phi) is 6.60. The molecule has 2 aromatic heterocycles. The molecule has 4 heterocycles. The molecule has 4 heteroatoms. The molecule has 2 aliphatic carbocycles. The van der Waals surface area contributed by atoms with E-state index in [9.17, 15) is 0 Å². The predicted molar refractivity (Wildman–Crippen MR) is 259 cm³/mol. The van der Waals surface area contributed by atoms with Gasteiger partial charge in [0.25, 0.3) is 0 Å². The van der Waals surface area contributed by atoms with Gasteiger partial charge in [0.05, 0.1) is 11.0 Å². The fourth-order valence-electron chi connectivity index (χ4n) is 12.3. The lowest BCUT2D eigenvalue weighted by molar-refractivity contribution is 0.332. The summed E-state index contributed by atoms with van der Waals surface area (Å²) in [5.74, 6) is 0. The smallest absolute Gasteiger partial charge is 0.333 e. The fraction of sp³-hybridized carbons (Fsp3) is 0.263. The lowest BCUT2D eigenvalue weighted by Crippen LogP contribution is -2.60. The van der Waals surface area contributed by atoms with Crippen LogP contribution >= 0.6 is 0 Å². The molecule has 0 unspecified atom stereocenters. The monoisotopic (exact) mass is 790 g/mol. The first-order chi connectivity index (χ1) is 29.1. The molecule has 0 radical (unpaired) electrons. The van der Waals surface area contributed by atoms with Crippen molar-refractivity contribution in [3.8, 4) is 27.9 Å². The molecule has 7 aromatic carbocycles. The van der Waals surface area contributed by atoms with Gasteiger partial charge in [-0.3, -0.25) is 0 Å². The number of anilines is 2. The van der Waals surface area contributed by atoms with Crippen LogP contribution in [0.1, 0.15) is 103 Å². The minimum absolute atomic E-state index is 0.0491. The summed E-state index contributed by atoms with van der Waals surface area (Å²) in [6, 6.07) is 47.1. The second kappa shape index (κ2) is 11.3. The van der Waals surface area contributed by atoms with Gasteiger partial charge in [-0.2, -0.15) is 0 Å². The highest BCUT2D eigenvalue weighted by Gasteiger charge is 2.47. The van der Waals surface area contributed by atoms with Gasteiger partial charge in [-0.25, -0.2) is 0 Å². The Morgan fingerprint density at radius 2 is 1.26 bits per heavy atom. The second-order valence-electron chi connectivity index (χ2n) is 21.6. The highest BCUT2D eigenvalue weighted by molar-refractivity contribution is 6.94. The van der Waals surface area contributed by atoms with E-state index < -0.39 is 0 Å². The number of rotatable bonds is 1. The Bertz CT molecular complexity index is 3440. The van der Waals surface area contributed by atoms with E-state index in [1.807, 2.05) is 0 Å². The zero-order chi connectivity index (χ0) is 41.7. The first kappa shape index (κ1) is 35.7. The van der Waals surface area contributed by atoms with Gasteiger partial charge in [-0.15, -0.1) is 0 Å². The molecule has 0 atom stereocenters. The molecule has 0 saturated carbocycles. The highest BCUT2D eigenvalue weighted by atomic mass is 16.3.